The van der Waals surface area contributed by atoms with Crippen LogP contribution in [0, 0.1) is 11.8 Å². The lowest BCUT2D eigenvalue weighted by atomic mass is 10.0. The minimum Gasteiger partial charge on any atom is -0.480 e. The molecule has 3 atom stereocenters. The Morgan fingerprint density at radius 3 is 2.44 bits per heavy atom. The Labute approximate surface area is 95.2 Å². The fourth-order valence-electron chi connectivity index (χ4n) is 1.78. The summed E-state index contributed by atoms with van der Waals surface area (Å²) < 4.78 is 5.28. The van der Waals surface area contributed by atoms with E-state index in [1.807, 2.05) is 6.92 Å². The monoisotopic (exact) mass is 229 g/mol. The number of rotatable bonds is 4. The lowest BCUT2D eigenvalue weighted by Crippen LogP contribution is -2.49. The van der Waals surface area contributed by atoms with Crippen molar-refractivity contribution in [2.45, 2.75) is 39.3 Å². The molecule has 1 aliphatic rings. The molecule has 3 unspecified atom stereocenters. The van der Waals surface area contributed by atoms with Gasteiger partial charge in [-0.25, -0.2) is 4.79 Å². The summed E-state index contributed by atoms with van der Waals surface area (Å²) in [6.45, 7) is 6.02. The zero-order chi connectivity index (χ0) is 12.3. The summed E-state index contributed by atoms with van der Waals surface area (Å²) in [5.41, 5.74) is 0. The quantitative estimate of drug-likeness (QED) is 0.741. The second kappa shape index (κ2) is 5.30. The van der Waals surface area contributed by atoms with E-state index in [0.29, 0.717) is 6.61 Å². The second-order valence-electron chi connectivity index (χ2n) is 4.63. The number of amides is 1. The highest BCUT2D eigenvalue weighted by Crippen LogP contribution is 2.20. The molecule has 1 amide bonds. The summed E-state index contributed by atoms with van der Waals surface area (Å²) in [6, 6.07) is -0.844. The molecular formula is C11H19NO4. The lowest BCUT2D eigenvalue weighted by molar-refractivity contribution is -0.145. The van der Waals surface area contributed by atoms with E-state index >= 15 is 0 Å². The van der Waals surface area contributed by atoms with Crippen LogP contribution in [0.4, 0.5) is 0 Å². The minimum atomic E-state index is -1.01. The maximum atomic E-state index is 11.8. The van der Waals surface area contributed by atoms with E-state index in [9.17, 15) is 9.59 Å². The van der Waals surface area contributed by atoms with E-state index in [1.165, 1.54) is 0 Å². The molecule has 1 saturated heterocycles. The fourth-order valence-corrected chi connectivity index (χ4v) is 1.78. The third-order valence-electron chi connectivity index (χ3n) is 2.88. The molecule has 0 radical (unpaired) electrons. The van der Waals surface area contributed by atoms with Gasteiger partial charge in [0.1, 0.15) is 12.1 Å². The number of hydrogen-bond acceptors (Lipinski definition) is 3. The number of ether oxygens (including phenoxy) is 1. The fraction of sp³-hybridized carbons (Fsp3) is 0.818. The smallest absolute Gasteiger partial charge is 0.326 e. The van der Waals surface area contributed by atoms with Crippen LogP contribution < -0.4 is 5.32 Å². The molecule has 0 bridgehead atoms. The molecule has 0 aromatic carbocycles. The van der Waals surface area contributed by atoms with Gasteiger partial charge in [-0.15, -0.1) is 0 Å². The first-order valence-electron chi connectivity index (χ1n) is 5.58. The molecule has 2 N–H and O–H groups in total. The number of carboxylic acid groups (broad SMARTS) is 1. The number of aliphatic carboxylic acids is 1. The third kappa shape index (κ3) is 2.95. The highest BCUT2D eigenvalue weighted by atomic mass is 16.5. The van der Waals surface area contributed by atoms with E-state index in [1.54, 1.807) is 13.8 Å². The highest BCUT2D eigenvalue weighted by Gasteiger charge is 2.34. The van der Waals surface area contributed by atoms with Crippen LogP contribution in [-0.2, 0) is 14.3 Å². The van der Waals surface area contributed by atoms with Gasteiger partial charge in [0.2, 0.25) is 5.91 Å². The predicted molar refractivity (Wildman–Crippen MR) is 57.9 cm³/mol. The first-order chi connectivity index (χ1) is 7.43. The number of nitrogens with one attached hydrogen (secondary N) is 1. The van der Waals surface area contributed by atoms with Crippen LogP contribution in [0.15, 0.2) is 0 Å². The molecule has 0 aromatic rings. The van der Waals surface area contributed by atoms with Crippen molar-refractivity contribution in [3.63, 3.8) is 0 Å². The van der Waals surface area contributed by atoms with Crippen LogP contribution in [0.2, 0.25) is 0 Å². The van der Waals surface area contributed by atoms with Crippen molar-refractivity contribution in [3.8, 4) is 0 Å². The molecule has 1 aliphatic heterocycles. The van der Waals surface area contributed by atoms with Gasteiger partial charge >= 0.3 is 5.97 Å². The van der Waals surface area contributed by atoms with Gasteiger partial charge < -0.3 is 15.2 Å². The first kappa shape index (κ1) is 13.0. The van der Waals surface area contributed by atoms with Gasteiger partial charge in [-0.3, -0.25) is 4.79 Å². The van der Waals surface area contributed by atoms with Crippen molar-refractivity contribution in [1.82, 2.24) is 5.32 Å². The van der Waals surface area contributed by atoms with Crippen molar-refractivity contribution in [2.24, 2.45) is 11.8 Å². The Kier molecular flexibility index (Phi) is 4.29. The van der Waals surface area contributed by atoms with Crippen molar-refractivity contribution >= 4 is 11.9 Å². The van der Waals surface area contributed by atoms with Gasteiger partial charge in [0.05, 0.1) is 0 Å². The maximum Gasteiger partial charge on any atom is 0.326 e. The van der Waals surface area contributed by atoms with Crippen molar-refractivity contribution < 1.29 is 19.4 Å². The second-order valence-corrected chi connectivity index (χ2v) is 4.63. The molecular weight excluding hydrogens is 210 g/mol. The average Bonchev–Trinajstić information content (AvgIpc) is 2.59. The highest BCUT2D eigenvalue weighted by molar-refractivity contribution is 5.86. The molecule has 0 aromatic heterocycles. The summed E-state index contributed by atoms with van der Waals surface area (Å²) in [7, 11) is 0. The van der Waals surface area contributed by atoms with Crippen LogP contribution in [-0.4, -0.2) is 35.7 Å². The first-order valence-corrected chi connectivity index (χ1v) is 5.58. The van der Waals surface area contributed by atoms with Crippen LogP contribution in [0.25, 0.3) is 0 Å². The SMILES string of the molecule is CC(C)C(NC(=O)C1OCCC1C)C(=O)O. The number of carboxylic acids is 1. The molecule has 1 fully saturated rings. The van der Waals surface area contributed by atoms with Crippen molar-refractivity contribution in [3.05, 3.63) is 0 Å². The van der Waals surface area contributed by atoms with Crippen LogP contribution >= 0.6 is 0 Å². The number of carbonyl (C=O) groups is 2. The zero-order valence-electron chi connectivity index (χ0n) is 9.90. The topological polar surface area (TPSA) is 75.6 Å². The van der Waals surface area contributed by atoms with Crippen molar-refractivity contribution in [1.29, 1.82) is 0 Å². The Balaban J connectivity index is 2.58. The molecule has 0 saturated carbocycles. The van der Waals surface area contributed by atoms with Gasteiger partial charge in [0.25, 0.3) is 0 Å². The predicted octanol–water partition coefficient (Wildman–Crippen LogP) is 0.637. The van der Waals surface area contributed by atoms with Gasteiger partial charge in [-0.2, -0.15) is 0 Å². The van der Waals surface area contributed by atoms with E-state index in [-0.39, 0.29) is 17.7 Å². The Morgan fingerprint density at radius 2 is 2.06 bits per heavy atom. The number of carbonyl (C=O) groups excluding carboxylic acids is 1. The van der Waals surface area contributed by atoms with Gasteiger partial charge in [0, 0.05) is 6.61 Å². The van der Waals surface area contributed by atoms with E-state index < -0.39 is 18.1 Å². The van der Waals surface area contributed by atoms with Gasteiger partial charge in [0.15, 0.2) is 0 Å². The van der Waals surface area contributed by atoms with E-state index in [0.717, 1.165) is 6.42 Å². The van der Waals surface area contributed by atoms with Gasteiger partial charge in [-0.1, -0.05) is 20.8 Å². The molecule has 1 rings (SSSR count). The molecule has 5 nitrogen and oxygen atoms in total. The van der Waals surface area contributed by atoms with Gasteiger partial charge in [-0.05, 0) is 18.3 Å². The zero-order valence-corrected chi connectivity index (χ0v) is 9.90. The molecule has 16 heavy (non-hydrogen) atoms. The van der Waals surface area contributed by atoms with E-state index in [4.69, 9.17) is 9.84 Å². The summed E-state index contributed by atoms with van der Waals surface area (Å²) in [4.78, 5) is 22.7. The average molecular weight is 229 g/mol. The lowest BCUT2D eigenvalue weighted by Gasteiger charge is -2.21. The summed E-state index contributed by atoms with van der Waals surface area (Å²) in [5.74, 6) is -1.31. The Morgan fingerprint density at radius 1 is 1.44 bits per heavy atom. The van der Waals surface area contributed by atoms with E-state index in [2.05, 4.69) is 5.32 Å². The third-order valence-corrected chi connectivity index (χ3v) is 2.88. The minimum absolute atomic E-state index is 0.141. The van der Waals surface area contributed by atoms with Crippen LogP contribution in [0.3, 0.4) is 0 Å². The van der Waals surface area contributed by atoms with Crippen molar-refractivity contribution in [2.75, 3.05) is 6.61 Å². The number of hydrogen-bond donors (Lipinski definition) is 2. The Hall–Kier alpha value is -1.10. The standard InChI is InChI=1S/C11H19NO4/c1-6(2)8(11(14)15)12-10(13)9-7(3)4-5-16-9/h6-9H,4-5H2,1-3H3,(H,12,13)(H,14,15). The summed E-state index contributed by atoms with van der Waals surface area (Å²) in [6.07, 6.45) is 0.345. The summed E-state index contributed by atoms with van der Waals surface area (Å²) in [5, 5.41) is 11.5. The largest absolute Gasteiger partial charge is 0.480 e. The molecule has 0 aliphatic carbocycles. The normalized spacial score (nSPS) is 26.8. The maximum absolute atomic E-state index is 11.8. The molecule has 0 spiro atoms. The molecule has 92 valence electrons. The van der Waals surface area contributed by atoms with Crippen LogP contribution in [0.1, 0.15) is 27.2 Å². The Bertz CT molecular complexity index is 277. The molecule has 1 heterocycles. The summed E-state index contributed by atoms with van der Waals surface area (Å²) >= 11 is 0. The van der Waals surface area contributed by atoms with Crippen LogP contribution in [0.5, 0.6) is 0 Å². The molecule has 5 heteroatoms.